The second-order valence-corrected chi connectivity index (χ2v) is 6.02. The van der Waals surface area contributed by atoms with Gasteiger partial charge in [0.2, 0.25) is 5.91 Å². The number of aromatic nitrogens is 1. The zero-order valence-corrected chi connectivity index (χ0v) is 12.7. The van der Waals surface area contributed by atoms with Crippen molar-refractivity contribution in [2.45, 2.75) is 31.7 Å². The van der Waals surface area contributed by atoms with E-state index >= 15 is 0 Å². The number of rotatable bonds is 3. The molecule has 5 heteroatoms. The molecule has 3 N–H and O–H groups in total. The Morgan fingerprint density at radius 2 is 1.95 bits per heavy atom. The maximum Gasteiger partial charge on any atom is 0.268 e. The molecule has 1 aromatic carbocycles. The maximum absolute atomic E-state index is 12.6. The normalized spacial score (nSPS) is 21.7. The highest BCUT2D eigenvalue weighted by molar-refractivity contribution is 5.99. The van der Waals surface area contributed by atoms with Gasteiger partial charge in [-0.3, -0.25) is 9.59 Å². The van der Waals surface area contributed by atoms with Gasteiger partial charge in [-0.2, -0.15) is 0 Å². The van der Waals surface area contributed by atoms with Gasteiger partial charge in [-0.1, -0.05) is 31.0 Å². The molecular formula is C17H21N3O2. The molecule has 1 aromatic heterocycles. The minimum atomic E-state index is -0.318. The van der Waals surface area contributed by atoms with Crippen molar-refractivity contribution < 1.29 is 9.59 Å². The third-order valence-electron chi connectivity index (χ3n) is 4.63. The summed E-state index contributed by atoms with van der Waals surface area (Å²) < 4.78 is 1.88. The molecule has 22 heavy (non-hydrogen) atoms. The predicted octanol–water partition coefficient (Wildman–Crippen LogP) is 1.95. The van der Waals surface area contributed by atoms with Crippen LogP contribution in [0.3, 0.4) is 0 Å². The number of benzene rings is 1. The number of fused-ring (bicyclic) bond motifs is 1. The average molecular weight is 299 g/mol. The summed E-state index contributed by atoms with van der Waals surface area (Å²) in [4.78, 5) is 24.1. The van der Waals surface area contributed by atoms with Crippen LogP contribution in [0, 0.1) is 5.92 Å². The predicted molar refractivity (Wildman–Crippen MR) is 85.3 cm³/mol. The van der Waals surface area contributed by atoms with Gasteiger partial charge in [0.15, 0.2) is 0 Å². The summed E-state index contributed by atoms with van der Waals surface area (Å²) in [5.41, 5.74) is 7.09. The van der Waals surface area contributed by atoms with Crippen molar-refractivity contribution in [3.05, 3.63) is 36.0 Å². The van der Waals surface area contributed by atoms with E-state index in [1.807, 2.05) is 41.9 Å². The third kappa shape index (κ3) is 2.58. The first-order chi connectivity index (χ1) is 10.6. The molecule has 0 bridgehead atoms. The molecule has 0 radical (unpaired) electrons. The van der Waals surface area contributed by atoms with Gasteiger partial charge in [-0.05, 0) is 25.0 Å². The third-order valence-corrected chi connectivity index (χ3v) is 4.63. The molecule has 1 aliphatic rings. The van der Waals surface area contributed by atoms with Crippen LogP contribution in [0.25, 0.3) is 10.9 Å². The molecule has 116 valence electrons. The molecule has 1 aliphatic carbocycles. The van der Waals surface area contributed by atoms with Crippen LogP contribution < -0.4 is 11.1 Å². The topological polar surface area (TPSA) is 77.1 Å². The van der Waals surface area contributed by atoms with Crippen LogP contribution in [0.4, 0.5) is 0 Å². The first-order valence-corrected chi connectivity index (χ1v) is 7.72. The van der Waals surface area contributed by atoms with Gasteiger partial charge < -0.3 is 15.6 Å². The van der Waals surface area contributed by atoms with Gasteiger partial charge in [-0.25, -0.2) is 0 Å². The number of para-hydroxylation sites is 1. The van der Waals surface area contributed by atoms with Gasteiger partial charge in [-0.15, -0.1) is 0 Å². The number of nitrogens with one attached hydrogen (secondary N) is 1. The molecule has 1 heterocycles. The molecule has 0 saturated heterocycles. The van der Waals surface area contributed by atoms with Crippen LogP contribution in [0.1, 0.15) is 36.2 Å². The van der Waals surface area contributed by atoms with E-state index < -0.39 is 0 Å². The van der Waals surface area contributed by atoms with Crippen LogP contribution in [0.2, 0.25) is 0 Å². The van der Waals surface area contributed by atoms with E-state index in [1.165, 1.54) is 0 Å². The second-order valence-electron chi connectivity index (χ2n) is 6.02. The Morgan fingerprint density at radius 3 is 2.68 bits per heavy atom. The number of carbonyl (C=O) groups is 2. The smallest absolute Gasteiger partial charge is 0.268 e. The van der Waals surface area contributed by atoms with E-state index in [4.69, 9.17) is 5.73 Å². The average Bonchev–Trinajstić information content (AvgIpc) is 2.85. The zero-order chi connectivity index (χ0) is 15.7. The van der Waals surface area contributed by atoms with Gasteiger partial charge in [0.1, 0.15) is 5.69 Å². The number of primary amides is 1. The van der Waals surface area contributed by atoms with E-state index in [2.05, 4.69) is 5.32 Å². The minimum absolute atomic E-state index is 0.142. The summed E-state index contributed by atoms with van der Waals surface area (Å²) >= 11 is 0. The van der Waals surface area contributed by atoms with E-state index in [0.717, 1.165) is 36.6 Å². The van der Waals surface area contributed by atoms with Crippen molar-refractivity contribution in [3.63, 3.8) is 0 Å². The highest BCUT2D eigenvalue weighted by Crippen LogP contribution is 2.25. The quantitative estimate of drug-likeness (QED) is 0.908. The van der Waals surface area contributed by atoms with Crippen LogP contribution in [0.5, 0.6) is 0 Å². The minimum Gasteiger partial charge on any atom is -0.369 e. The first kappa shape index (κ1) is 14.6. The van der Waals surface area contributed by atoms with E-state index in [0.29, 0.717) is 5.69 Å². The Kier molecular flexibility index (Phi) is 3.88. The number of nitrogens with zero attached hydrogens (tertiary/aromatic N) is 1. The monoisotopic (exact) mass is 299 g/mol. The van der Waals surface area contributed by atoms with Crippen LogP contribution in [0.15, 0.2) is 30.3 Å². The summed E-state index contributed by atoms with van der Waals surface area (Å²) in [5, 5.41) is 4.04. The fraction of sp³-hybridized carbons (Fsp3) is 0.412. The molecule has 5 nitrogen and oxygen atoms in total. The van der Waals surface area contributed by atoms with E-state index in [-0.39, 0.29) is 23.8 Å². The lowest BCUT2D eigenvalue weighted by atomic mass is 9.84. The standard InChI is InChI=1S/C17H21N3O2/c1-20-14-9-5-2-6-11(14)10-15(20)17(22)19-13-8-4-3-7-12(13)16(18)21/h2,5-6,9-10,12-13H,3-4,7-8H2,1H3,(H2,18,21)(H,19,22)/t12-,13+/m1/s1. The molecule has 1 fully saturated rings. The summed E-state index contributed by atoms with van der Waals surface area (Å²) in [7, 11) is 1.88. The van der Waals surface area contributed by atoms with Crippen molar-refractivity contribution >= 4 is 22.7 Å². The molecule has 0 aliphatic heterocycles. The van der Waals surface area contributed by atoms with Gasteiger partial charge in [0.25, 0.3) is 5.91 Å². The van der Waals surface area contributed by atoms with Gasteiger partial charge in [0.05, 0.1) is 5.92 Å². The zero-order valence-electron chi connectivity index (χ0n) is 12.7. The molecule has 1 saturated carbocycles. The number of nitrogens with two attached hydrogens (primary N) is 1. The van der Waals surface area contributed by atoms with Crippen LogP contribution in [-0.2, 0) is 11.8 Å². The van der Waals surface area contributed by atoms with Crippen molar-refractivity contribution in [1.29, 1.82) is 0 Å². The largest absolute Gasteiger partial charge is 0.369 e. The molecule has 2 amide bonds. The Labute approximate surface area is 129 Å². The molecule has 2 aromatic rings. The van der Waals surface area contributed by atoms with Crippen LogP contribution >= 0.6 is 0 Å². The molecule has 3 rings (SSSR count). The lowest BCUT2D eigenvalue weighted by Gasteiger charge is -2.30. The molecule has 0 spiro atoms. The highest BCUT2D eigenvalue weighted by atomic mass is 16.2. The molecular weight excluding hydrogens is 278 g/mol. The SMILES string of the molecule is Cn1c(C(=O)N[C@H]2CCCC[C@H]2C(N)=O)cc2ccccc21. The first-order valence-electron chi connectivity index (χ1n) is 7.72. The molecule has 0 unspecified atom stereocenters. The Hall–Kier alpha value is -2.30. The number of hydrogen-bond acceptors (Lipinski definition) is 2. The van der Waals surface area contributed by atoms with E-state index in [9.17, 15) is 9.59 Å². The summed E-state index contributed by atoms with van der Waals surface area (Å²) in [6.07, 6.45) is 3.58. The maximum atomic E-state index is 12.6. The Morgan fingerprint density at radius 1 is 1.23 bits per heavy atom. The van der Waals surface area contributed by atoms with E-state index in [1.54, 1.807) is 0 Å². The Bertz CT molecular complexity index is 720. The van der Waals surface area contributed by atoms with Crippen molar-refractivity contribution in [2.75, 3.05) is 0 Å². The Balaban J connectivity index is 1.83. The van der Waals surface area contributed by atoms with Gasteiger partial charge >= 0.3 is 0 Å². The number of amides is 2. The van der Waals surface area contributed by atoms with Crippen molar-refractivity contribution in [1.82, 2.24) is 9.88 Å². The van der Waals surface area contributed by atoms with Crippen molar-refractivity contribution in [2.24, 2.45) is 18.7 Å². The summed E-state index contributed by atoms with van der Waals surface area (Å²) in [6, 6.07) is 9.60. The fourth-order valence-electron chi connectivity index (χ4n) is 3.39. The summed E-state index contributed by atoms with van der Waals surface area (Å²) in [5.74, 6) is -0.716. The van der Waals surface area contributed by atoms with Crippen LogP contribution in [-0.4, -0.2) is 22.4 Å². The van der Waals surface area contributed by atoms with Gasteiger partial charge in [0, 0.05) is 24.0 Å². The highest BCUT2D eigenvalue weighted by Gasteiger charge is 2.31. The lowest BCUT2D eigenvalue weighted by molar-refractivity contribution is -0.123. The lowest BCUT2D eigenvalue weighted by Crippen LogP contribution is -2.47. The number of aryl methyl sites for hydroxylation is 1. The second kappa shape index (κ2) is 5.83. The number of carbonyl (C=O) groups excluding carboxylic acids is 2. The molecule has 2 atom stereocenters. The van der Waals surface area contributed by atoms with Crippen molar-refractivity contribution in [3.8, 4) is 0 Å². The summed E-state index contributed by atoms with van der Waals surface area (Å²) in [6.45, 7) is 0. The fourth-order valence-corrected chi connectivity index (χ4v) is 3.39. The number of hydrogen-bond donors (Lipinski definition) is 2.